The van der Waals surface area contributed by atoms with Crippen molar-refractivity contribution < 1.29 is 27.6 Å². The molecule has 0 saturated carbocycles. The lowest BCUT2D eigenvalue weighted by Crippen LogP contribution is -2.15. The van der Waals surface area contributed by atoms with Crippen molar-refractivity contribution in [2.24, 2.45) is 0 Å². The summed E-state index contributed by atoms with van der Waals surface area (Å²) in [6, 6.07) is 16.9. The normalized spacial score (nSPS) is 10.9. The SMILES string of the molecule is O=C(COc1ccccc1F)OCc1cc(-c2cc3ccccc3o2)on1. The fraction of sp³-hybridized carbons (Fsp3) is 0.100. The Balaban J connectivity index is 1.34. The average Bonchev–Trinajstić information content (AvgIpc) is 3.32. The number of esters is 1. The van der Waals surface area contributed by atoms with Crippen LogP contribution in [0.5, 0.6) is 5.75 Å². The summed E-state index contributed by atoms with van der Waals surface area (Å²) < 4.78 is 34.5. The van der Waals surface area contributed by atoms with E-state index in [9.17, 15) is 9.18 Å². The van der Waals surface area contributed by atoms with Gasteiger partial charge in [0.1, 0.15) is 17.9 Å². The Kier molecular flexibility index (Phi) is 4.57. The highest BCUT2D eigenvalue weighted by atomic mass is 19.1. The lowest BCUT2D eigenvalue weighted by Gasteiger charge is -2.06. The molecule has 6 nitrogen and oxygen atoms in total. The molecular formula is C20H14FNO5. The van der Waals surface area contributed by atoms with Crippen LogP contribution < -0.4 is 4.74 Å². The maximum absolute atomic E-state index is 13.4. The van der Waals surface area contributed by atoms with E-state index in [-0.39, 0.29) is 12.4 Å². The van der Waals surface area contributed by atoms with Crippen molar-refractivity contribution >= 4 is 16.9 Å². The van der Waals surface area contributed by atoms with E-state index < -0.39 is 18.4 Å². The molecule has 2 aromatic carbocycles. The predicted molar refractivity (Wildman–Crippen MR) is 93.4 cm³/mol. The molecule has 4 rings (SSSR count). The highest BCUT2D eigenvalue weighted by molar-refractivity contribution is 5.81. The smallest absolute Gasteiger partial charge is 0.344 e. The molecule has 2 aromatic heterocycles. The van der Waals surface area contributed by atoms with Crippen LogP contribution in [0.25, 0.3) is 22.5 Å². The second-order valence-corrected chi connectivity index (χ2v) is 5.71. The van der Waals surface area contributed by atoms with Gasteiger partial charge in [-0.3, -0.25) is 0 Å². The maximum Gasteiger partial charge on any atom is 0.344 e. The topological polar surface area (TPSA) is 74.7 Å². The van der Waals surface area contributed by atoms with Gasteiger partial charge in [-0.05, 0) is 24.3 Å². The number of furan rings is 1. The van der Waals surface area contributed by atoms with Crippen molar-refractivity contribution in [3.05, 3.63) is 72.2 Å². The number of nitrogens with zero attached hydrogens (tertiary/aromatic N) is 1. The minimum Gasteiger partial charge on any atom is -0.479 e. The second-order valence-electron chi connectivity index (χ2n) is 5.71. The van der Waals surface area contributed by atoms with Crippen molar-refractivity contribution in [1.29, 1.82) is 0 Å². The Bertz CT molecular complexity index is 1050. The fourth-order valence-corrected chi connectivity index (χ4v) is 2.49. The Hall–Kier alpha value is -3.61. The first-order valence-corrected chi connectivity index (χ1v) is 8.16. The minimum absolute atomic E-state index is 0.0111. The maximum atomic E-state index is 13.4. The summed E-state index contributed by atoms with van der Waals surface area (Å²) in [7, 11) is 0. The number of hydrogen-bond donors (Lipinski definition) is 0. The van der Waals surface area contributed by atoms with Gasteiger partial charge in [-0.1, -0.05) is 35.5 Å². The number of aromatic nitrogens is 1. The van der Waals surface area contributed by atoms with E-state index in [1.807, 2.05) is 30.3 Å². The molecule has 0 aliphatic rings. The molecule has 27 heavy (non-hydrogen) atoms. The van der Waals surface area contributed by atoms with Crippen molar-refractivity contribution in [3.63, 3.8) is 0 Å². The van der Waals surface area contributed by atoms with Crippen molar-refractivity contribution in [1.82, 2.24) is 5.16 Å². The highest BCUT2D eigenvalue weighted by Crippen LogP contribution is 2.28. The van der Waals surface area contributed by atoms with Crippen LogP contribution in [-0.2, 0) is 16.1 Å². The largest absolute Gasteiger partial charge is 0.479 e. The third kappa shape index (κ3) is 3.82. The number of halogens is 1. The Morgan fingerprint density at radius 3 is 2.70 bits per heavy atom. The zero-order chi connectivity index (χ0) is 18.6. The summed E-state index contributed by atoms with van der Waals surface area (Å²) in [5, 5.41) is 4.80. The van der Waals surface area contributed by atoms with Gasteiger partial charge in [0.2, 0.25) is 5.76 Å². The number of carbonyl (C=O) groups is 1. The van der Waals surface area contributed by atoms with Gasteiger partial charge in [-0.15, -0.1) is 0 Å². The third-order valence-corrected chi connectivity index (χ3v) is 3.79. The van der Waals surface area contributed by atoms with Gasteiger partial charge in [0.25, 0.3) is 0 Å². The summed E-state index contributed by atoms with van der Waals surface area (Å²) in [4.78, 5) is 11.7. The molecule has 0 radical (unpaired) electrons. The number of rotatable bonds is 6. The molecule has 0 spiro atoms. The lowest BCUT2D eigenvalue weighted by atomic mass is 10.2. The minimum atomic E-state index is -0.647. The highest BCUT2D eigenvalue weighted by Gasteiger charge is 2.14. The van der Waals surface area contributed by atoms with Crippen LogP contribution >= 0.6 is 0 Å². The number of ether oxygens (including phenoxy) is 2. The Labute approximate surface area is 153 Å². The number of fused-ring (bicyclic) bond motifs is 1. The van der Waals surface area contributed by atoms with Gasteiger partial charge in [-0.25, -0.2) is 9.18 Å². The van der Waals surface area contributed by atoms with E-state index in [4.69, 9.17) is 18.4 Å². The van der Waals surface area contributed by atoms with E-state index in [0.717, 1.165) is 11.0 Å². The molecule has 0 atom stereocenters. The summed E-state index contributed by atoms with van der Waals surface area (Å²) >= 11 is 0. The van der Waals surface area contributed by atoms with Gasteiger partial charge in [-0.2, -0.15) is 0 Å². The Morgan fingerprint density at radius 1 is 1.04 bits per heavy atom. The molecule has 0 unspecified atom stereocenters. The number of carbonyl (C=O) groups excluding carboxylic acids is 1. The fourth-order valence-electron chi connectivity index (χ4n) is 2.49. The molecule has 2 heterocycles. The van der Waals surface area contributed by atoms with Gasteiger partial charge >= 0.3 is 5.97 Å². The van der Waals surface area contributed by atoms with Crippen LogP contribution in [0.2, 0.25) is 0 Å². The number of para-hydroxylation sites is 2. The van der Waals surface area contributed by atoms with E-state index in [0.29, 0.717) is 17.2 Å². The van der Waals surface area contributed by atoms with Gasteiger partial charge in [0.05, 0.1) is 0 Å². The van der Waals surface area contributed by atoms with Crippen LogP contribution in [0.3, 0.4) is 0 Å². The van der Waals surface area contributed by atoms with Gasteiger partial charge in [0.15, 0.2) is 23.9 Å². The molecule has 7 heteroatoms. The van der Waals surface area contributed by atoms with Crippen molar-refractivity contribution in [2.75, 3.05) is 6.61 Å². The molecule has 0 aliphatic heterocycles. The molecule has 0 N–H and O–H groups in total. The molecular weight excluding hydrogens is 353 g/mol. The van der Waals surface area contributed by atoms with Crippen molar-refractivity contribution in [3.8, 4) is 17.3 Å². The number of hydrogen-bond acceptors (Lipinski definition) is 6. The zero-order valence-electron chi connectivity index (χ0n) is 14.1. The van der Waals surface area contributed by atoms with E-state index in [2.05, 4.69) is 5.16 Å². The molecule has 0 aliphatic carbocycles. The third-order valence-electron chi connectivity index (χ3n) is 3.79. The van der Waals surface area contributed by atoms with Crippen LogP contribution in [-0.4, -0.2) is 17.7 Å². The standard InChI is InChI=1S/C20H14FNO5/c21-15-6-2-4-8-17(15)24-12-20(23)25-11-14-10-19(27-22-14)18-9-13-5-1-3-7-16(13)26-18/h1-10H,11-12H2. The first-order chi connectivity index (χ1) is 13.2. The van der Waals surface area contributed by atoms with Gasteiger partial charge in [0, 0.05) is 11.5 Å². The van der Waals surface area contributed by atoms with Gasteiger partial charge < -0.3 is 18.4 Å². The van der Waals surface area contributed by atoms with Crippen LogP contribution in [0.1, 0.15) is 5.69 Å². The average molecular weight is 367 g/mol. The summed E-state index contributed by atoms with van der Waals surface area (Å²) in [5.41, 5.74) is 1.16. The monoisotopic (exact) mass is 367 g/mol. The second kappa shape index (κ2) is 7.33. The predicted octanol–water partition coefficient (Wildman–Crippen LogP) is 4.35. The summed E-state index contributed by atoms with van der Waals surface area (Å²) in [5.74, 6) is -0.240. The molecule has 0 bridgehead atoms. The first kappa shape index (κ1) is 16.8. The summed E-state index contributed by atoms with van der Waals surface area (Å²) in [6.07, 6.45) is 0. The molecule has 0 fully saturated rings. The van der Waals surface area contributed by atoms with Crippen LogP contribution in [0, 0.1) is 5.82 Å². The van der Waals surface area contributed by atoms with E-state index in [1.54, 1.807) is 12.1 Å². The molecule has 0 amide bonds. The number of benzene rings is 2. The summed E-state index contributed by atoms with van der Waals surface area (Å²) in [6.45, 7) is -0.502. The zero-order valence-corrected chi connectivity index (χ0v) is 14.1. The van der Waals surface area contributed by atoms with Crippen LogP contribution in [0.4, 0.5) is 4.39 Å². The molecule has 136 valence electrons. The van der Waals surface area contributed by atoms with E-state index in [1.165, 1.54) is 18.2 Å². The Morgan fingerprint density at radius 2 is 1.85 bits per heavy atom. The van der Waals surface area contributed by atoms with Crippen LogP contribution in [0.15, 0.2) is 69.6 Å². The van der Waals surface area contributed by atoms with Crippen molar-refractivity contribution in [2.45, 2.75) is 6.61 Å². The quantitative estimate of drug-likeness (QED) is 0.472. The first-order valence-electron chi connectivity index (χ1n) is 8.16. The molecule has 0 saturated heterocycles. The molecule has 4 aromatic rings. The lowest BCUT2D eigenvalue weighted by molar-refractivity contribution is -0.147. The van der Waals surface area contributed by atoms with E-state index >= 15 is 0 Å².